The summed E-state index contributed by atoms with van der Waals surface area (Å²) >= 11 is 7.71. The molecule has 4 aromatic rings. The van der Waals surface area contributed by atoms with E-state index in [-0.39, 0.29) is 5.97 Å². The van der Waals surface area contributed by atoms with Gasteiger partial charge in [-0.05, 0) is 59.5 Å². The van der Waals surface area contributed by atoms with Gasteiger partial charge in [0.25, 0.3) is 0 Å². The van der Waals surface area contributed by atoms with E-state index in [0.717, 1.165) is 27.8 Å². The second kappa shape index (κ2) is 10.2. The van der Waals surface area contributed by atoms with E-state index in [9.17, 15) is 4.79 Å². The number of para-hydroxylation sites is 1. The molecule has 3 aromatic carbocycles. The maximum Gasteiger partial charge on any atom is 0.337 e. The van der Waals surface area contributed by atoms with E-state index in [1.54, 1.807) is 23.9 Å². The van der Waals surface area contributed by atoms with Crippen molar-refractivity contribution >= 4 is 29.3 Å². The number of carbonyl (C=O) groups excluding carboxylic acids is 1. The van der Waals surface area contributed by atoms with Crippen molar-refractivity contribution in [1.29, 1.82) is 0 Å². The Morgan fingerprint density at radius 1 is 1.00 bits per heavy atom. The number of aromatic nitrogens is 3. The van der Waals surface area contributed by atoms with Gasteiger partial charge in [0.1, 0.15) is 0 Å². The van der Waals surface area contributed by atoms with E-state index in [1.165, 1.54) is 12.7 Å². The summed E-state index contributed by atoms with van der Waals surface area (Å²) in [7, 11) is 1.38. The van der Waals surface area contributed by atoms with Crippen LogP contribution in [0.2, 0.25) is 5.02 Å². The summed E-state index contributed by atoms with van der Waals surface area (Å²) in [5.41, 5.74) is 4.83. The average molecular weight is 478 g/mol. The molecule has 4 rings (SSSR count). The molecule has 0 radical (unpaired) electrons. The number of esters is 1. The minimum absolute atomic E-state index is 0.338. The summed E-state index contributed by atoms with van der Waals surface area (Å²) in [6.45, 7) is 4.36. The van der Waals surface area contributed by atoms with Crippen LogP contribution in [0.4, 0.5) is 0 Å². The largest absolute Gasteiger partial charge is 0.465 e. The Balaban J connectivity index is 1.71. The highest BCUT2D eigenvalue weighted by molar-refractivity contribution is 7.98. The van der Waals surface area contributed by atoms with Gasteiger partial charge in [0.15, 0.2) is 11.0 Å². The highest BCUT2D eigenvalue weighted by Gasteiger charge is 2.19. The van der Waals surface area contributed by atoms with E-state index in [0.29, 0.717) is 22.3 Å². The van der Waals surface area contributed by atoms with Gasteiger partial charge in [0.05, 0.1) is 18.4 Å². The predicted molar refractivity (Wildman–Crippen MR) is 133 cm³/mol. The van der Waals surface area contributed by atoms with Gasteiger partial charge >= 0.3 is 5.97 Å². The van der Waals surface area contributed by atoms with Gasteiger partial charge in [-0.1, -0.05) is 67.5 Å². The van der Waals surface area contributed by atoms with Crippen molar-refractivity contribution in [3.05, 3.63) is 94.5 Å². The van der Waals surface area contributed by atoms with Gasteiger partial charge in [-0.15, -0.1) is 10.2 Å². The summed E-state index contributed by atoms with van der Waals surface area (Å²) in [5.74, 6) is 1.45. The number of rotatable bonds is 7. The molecule has 0 amide bonds. The van der Waals surface area contributed by atoms with Crippen LogP contribution in [0, 0.1) is 0 Å². The standard InChI is InChI=1S/C26H24ClN3O2S/c1-17(2)22-6-4-5-7-23(22)30-24(19-12-14-21(27)15-13-19)28-29-26(30)33-16-18-8-10-20(11-9-18)25(31)32-3/h4-15,17H,16H2,1-3H3. The Labute approximate surface area is 202 Å². The zero-order chi connectivity index (χ0) is 23.4. The summed E-state index contributed by atoms with van der Waals surface area (Å²) in [4.78, 5) is 11.7. The Morgan fingerprint density at radius 2 is 1.70 bits per heavy atom. The number of methoxy groups -OCH3 is 1. The van der Waals surface area contributed by atoms with Gasteiger partial charge in [-0.2, -0.15) is 0 Å². The third kappa shape index (κ3) is 5.13. The van der Waals surface area contributed by atoms with Crippen molar-refractivity contribution in [2.75, 3.05) is 7.11 Å². The SMILES string of the molecule is COC(=O)c1ccc(CSc2nnc(-c3ccc(Cl)cc3)n2-c2ccccc2C(C)C)cc1. The lowest BCUT2D eigenvalue weighted by atomic mass is 10.0. The van der Waals surface area contributed by atoms with E-state index in [4.69, 9.17) is 16.3 Å². The normalized spacial score (nSPS) is 11.1. The van der Waals surface area contributed by atoms with Crippen LogP contribution < -0.4 is 0 Å². The lowest BCUT2D eigenvalue weighted by Crippen LogP contribution is -2.05. The van der Waals surface area contributed by atoms with Crippen LogP contribution in [0.25, 0.3) is 17.1 Å². The van der Waals surface area contributed by atoms with Crippen molar-refractivity contribution in [1.82, 2.24) is 14.8 Å². The number of carbonyl (C=O) groups is 1. The molecule has 0 unspecified atom stereocenters. The van der Waals surface area contributed by atoms with E-state index >= 15 is 0 Å². The minimum atomic E-state index is -0.341. The molecule has 33 heavy (non-hydrogen) atoms. The topological polar surface area (TPSA) is 57.0 Å². The molecule has 0 fully saturated rings. The van der Waals surface area contributed by atoms with Gasteiger partial charge in [0.2, 0.25) is 0 Å². The van der Waals surface area contributed by atoms with Gasteiger partial charge in [0, 0.05) is 16.3 Å². The second-order valence-corrected chi connectivity index (χ2v) is 9.22. The highest BCUT2D eigenvalue weighted by atomic mass is 35.5. The average Bonchev–Trinajstić information content (AvgIpc) is 3.26. The fourth-order valence-electron chi connectivity index (χ4n) is 3.55. The molecule has 0 aliphatic rings. The lowest BCUT2D eigenvalue weighted by molar-refractivity contribution is 0.0600. The van der Waals surface area contributed by atoms with Crippen molar-refractivity contribution in [2.24, 2.45) is 0 Å². The summed E-state index contributed by atoms with van der Waals surface area (Å²) in [6, 6.07) is 23.4. The first-order chi connectivity index (χ1) is 16.0. The molecule has 0 saturated carbocycles. The van der Waals surface area contributed by atoms with Crippen LogP contribution >= 0.6 is 23.4 Å². The first kappa shape index (κ1) is 23.1. The quantitative estimate of drug-likeness (QED) is 0.216. The number of benzene rings is 3. The molecule has 0 aliphatic carbocycles. The molecule has 1 heterocycles. The van der Waals surface area contributed by atoms with Crippen LogP contribution in [0.5, 0.6) is 0 Å². The fraction of sp³-hybridized carbons (Fsp3) is 0.192. The molecule has 0 saturated heterocycles. The van der Waals surface area contributed by atoms with Gasteiger partial charge in [-0.3, -0.25) is 4.57 Å². The van der Waals surface area contributed by atoms with Crippen LogP contribution in [0.3, 0.4) is 0 Å². The summed E-state index contributed by atoms with van der Waals surface area (Å²) < 4.78 is 6.90. The maximum atomic E-state index is 11.7. The first-order valence-electron chi connectivity index (χ1n) is 10.6. The number of thioether (sulfide) groups is 1. The molecular formula is C26H24ClN3O2S. The van der Waals surface area contributed by atoms with Crippen molar-refractivity contribution in [3.63, 3.8) is 0 Å². The van der Waals surface area contributed by atoms with Crippen LogP contribution in [-0.2, 0) is 10.5 Å². The molecule has 5 nitrogen and oxygen atoms in total. The number of ether oxygens (including phenoxy) is 1. The summed E-state index contributed by atoms with van der Waals surface area (Å²) in [5, 5.41) is 10.6. The molecule has 0 bridgehead atoms. The number of halogens is 1. The van der Waals surface area contributed by atoms with Gasteiger partial charge in [-0.25, -0.2) is 4.79 Å². The minimum Gasteiger partial charge on any atom is -0.465 e. The number of hydrogen-bond acceptors (Lipinski definition) is 5. The molecular weight excluding hydrogens is 454 g/mol. The van der Waals surface area contributed by atoms with Gasteiger partial charge < -0.3 is 4.74 Å². The lowest BCUT2D eigenvalue weighted by Gasteiger charge is -2.17. The molecule has 0 atom stereocenters. The van der Waals surface area contributed by atoms with Crippen molar-refractivity contribution < 1.29 is 9.53 Å². The van der Waals surface area contributed by atoms with E-state index in [1.807, 2.05) is 42.5 Å². The molecule has 0 aliphatic heterocycles. The Bertz CT molecular complexity index is 1250. The molecule has 0 N–H and O–H groups in total. The second-order valence-electron chi connectivity index (χ2n) is 7.84. The Hall–Kier alpha value is -3.09. The highest BCUT2D eigenvalue weighted by Crippen LogP contribution is 2.33. The monoisotopic (exact) mass is 477 g/mol. The smallest absolute Gasteiger partial charge is 0.337 e. The van der Waals surface area contributed by atoms with E-state index < -0.39 is 0 Å². The zero-order valence-electron chi connectivity index (χ0n) is 18.7. The number of nitrogens with zero attached hydrogens (tertiary/aromatic N) is 3. The van der Waals surface area contributed by atoms with E-state index in [2.05, 4.69) is 46.8 Å². The van der Waals surface area contributed by atoms with Crippen molar-refractivity contribution in [3.8, 4) is 17.1 Å². The fourth-order valence-corrected chi connectivity index (χ4v) is 4.58. The molecule has 7 heteroatoms. The molecule has 168 valence electrons. The third-order valence-corrected chi connectivity index (χ3v) is 6.53. The predicted octanol–water partition coefficient (Wildman–Crippen LogP) is 6.79. The zero-order valence-corrected chi connectivity index (χ0v) is 20.2. The Kier molecular flexibility index (Phi) is 7.16. The van der Waals surface area contributed by atoms with Crippen LogP contribution in [0.15, 0.2) is 78.0 Å². The Morgan fingerprint density at radius 3 is 2.36 bits per heavy atom. The summed E-state index contributed by atoms with van der Waals surface area (Å²) in [6.07, 6.45) is 0. The molecule has 0 spiro atoms. The maximum absolute atomic E-state index is 11.7. The van der Waals surface area contributed by atoms with Crippen LogP contribution in [0.1, 0.15) is 41.3 Å². The molecule has 1 aromatic heterocycles. The third-order valence-electron chi connectivity index (χ3n) is 5.28. The van der Waals surface area contributed by atoms with Crippen LogP contribution in [-0.4, -0.2) is 27.8 Å². The van der Waals surface area contributed by atoms with Crippen molar-refractivity contribution in [2.45, 2.75) is 30.7 Å². The number of hydrogen-bond donors (Lipinski definition) is 0. The first-order valence-corrected chi connectivity index (χ1v) is 11.9.